The second-order valence-electron chi connectivity index (χ2n) is 2.28. The first-order valence-electron chi connectivity index (χ1n) is 3.37. The molecule has 0 saturated heterocycles. The molecule has 0 unspecified atom stereocenters. The number of carbonyl (C=O) groups excluding carboxylic acids is 1. The minimum Gasteiger partial charge on any atom is -0.508 e. The number of benzene rings is 1. The van der Waals surface area contributed by atoms with Crippen molar-refractivity contribution >= 4 is 12.4 Å². The standard InChI is InChI=1S/C9H8O3/c10-3-1-2-7-4-8(11)6-9(12)5-7/h1-6,11-12H/b2-1+. The van der Waals surface area contributed by atoms with Gasteiger partial charge in [-0.1, -0.05) is 6.08 Å². The summed E-state index contributed by atoms with van der Waals surface area (Å²) in [6.45, 7) is 0. The number of aromatic hydroxyl groups is 2. The minimum absolute atomic E-state index is 0.0273. The first-order valence-corrected chi connectivity index (χ1v) is 3.37. The maximum absolute atomic E-state index is 9.94. The fourth-order valence-corrected chi connectivity index (χ4v) is 0.865. The van der Waals surface area contributed by atoms with Crippen LogP contribution in [-0.2, 0) is 4.79 Å². The molecule has 0 atom stereocenters. The van der Waals surface area contributed by atoms with Crippen molar-refractivity contribution in [3.8, 4) is 11.5 Å². The molecule has 0 aliphatic rings. The van der Waals surface area contributed by atoms with Crippen molar-refractivity contribution < 1.29 is 15.0 Å². The summed E-state index contributed by atoms with van der Waals surface area (Å²) in [6, 6.07) is 4.11. The van der Waals surface area contributed by atoms with Crippen molar-refractivity contribution in [1.29, 1.82) is 0 Å². The van der Waals surface area contributed by atoms with Crippen LogP contribution in [0.15, 0.2) is 24.3 Å². The van der Waals surface area contributed by atoms with E-state index < -0.39 is 0 Å². The topological polar surface area (TPSA) is 57.5 Å². The lowest BCUT2D eigenvalue weighted by atomic mass is 10.2. The summed E-state index contributed by atoms with van der Waals surface area (Å²) in [7, 11) is 0. The summed E-state index contributed by atoms with van der Waals surface area (Å²) in [5, 5.41) is 18.0. The van der Waals surface area contributed by atoms with Crippen LogP contribution in [0.25, 0.3) is 6.08 Å². The molecule has 3 nitrogen and oxygen atoms in total. The lowest BCUT2D eigenvalue weighted by Gasteiger charge is -1.96. The second-order valence-corrected chi connectivity index (χ2v) is 2.28. The predicted molar refractivity (Wildman–Crippen MR) is 44.9 cm³/mol. The van der Waals surface area contributed by atoms with E-state index in [0.29, 0.717) is 11.8 Å². The smallest absolute Gasteiger partial charge is 0.142 e. The fraction of sp³-hybridized carbons (Fsp3) is 0. The molecule has 0 saturated carbocycles. The molecule has 1 rings (SSSR count). The molecule has 0 radical (unpaired) electrons. The van der Waals surface area contributed by atoms with Gasteiger partial charge < -0.3 is 10.2 Å². The number of allylic oxidation sites excluding steroid dienone is 1. The van der Waals surface area contributed by atoms with Crippen molar-refractivity contribution in [2.45, 2.75) is 0 Å². The van der Waals surface area contributed by atoms with E-state index in [1.807, 2.05) is 0 Å². The molecule has 62 valence electrons. The van der Waals surface area contributed by atoms with Crippen molar-refractivity contribution in [1.82, 2.24) is 0 Å². The Bertz CT molecular complexity index is 295. The van der Waals surface area contributed by atoms with E-state index in [-0.39, 0.29) is 11.5 Å². The first-order chi connectivity index (χ1) is 5.72. The summed E-state index contributed by atoms with van der Waals surface area (Å²) in [5.41, 5.74) is 0.583. The molecule has 0 aliphatic heterocycles. The lowest BCUT2D eigenvalue weighted by molar-refractivity contribution is -0.104. The van der Waals surface area contributed by atoms with Crippen LogP contribution in [0.3, 0.4) is 0 Å². The van der Waals surface area contributed by atoms with Gasteiger partial charge in [-0.05, 0) is 23.8 Å². The number of phenols is 2. The normalized spacial score (nSPS) is 10.3. The van der Waals surface area contributed by atoms with Gasteiger partial charge in [0.15, 0.2) is 0 Å². The summed E-state index contributed by atoms with van der Waals surface area (Å²) < 4.78 is 0. The van der Waals surface area contributed by atoms with Crippen LogP contribution >= 0.6 is 0 Å². The summed E-state index contributed by atoms with van der Waals surface area (Å²) in [6.07, 6.45) is 3.40. The van der Waals surface area contributed by atoms with Gasteiger partial charge in [-0.2, -0.15) is 0 Å². The van der Waals surface area contributed by atoms with Crippen LogP contribution in [-0.4, -0.2) is 16.5 Å². The van der Waals surface area contributed by atoms with Gasteiger partial charge in [0.1, 0.15) is 17.8 Å². The summed E-state index contributed by atoms with van der Waals surface area (Å²) in [4.78, 5) is 9.94. The van der Waals surface area contributed by atoms with Crippen LogP contribution in [0, 0.1) is 0 Å². The zero-order valence-corrected chi connectivity index (χ0v) is 6.27. The zero-order chi connectivity index (χ0) is 8.97. The molecule has 1 aromatic rings. The molecule has 0 aromatic heterocycles. The van der Waals surface area contributed by atoms with E-state index in [1.165, 1.54) is 30.4 Å². The Morgan fingerprint density at radius 2 is 1.67 bits per heavy atom. The van der Waals surface area contributed by atoms with Crippen LogP contribution < -0.4 is 0 Å². The third-order valence-electron chi connectivity index (χ3n) is 1.29. The van der Waals surface area contributed by atoms with Gasteiger partial charge in [0.25, 0.3) is 0 Å². The Morgan fingerprint density at radius 1 is 1.08 bits per heavy atom. The van der Waals surface area contributed by atoms with Gasteiger partial charge in [0.05, 0.1) is 0 Å². The molecule has 2 N–H and O–H groups in total. The fourth-order valence-electron chi connectivity index (χ4n) is 0.865. The molecule has 1 aromatic carbocycles. The van der Waals surface area contributed by atoms with E-state index >= 15 is 0 Å². The lowest BCUT2D eigenvalue weighted by Crippen LogP contribution is -1.73. The van der Waals surface area contributed by atoms with E-state index in [2.05, 4.69) is 0 Å². The quantitative estimate of drug-likeness (QED) is 0.511. The van der Waals surface area contributed by atoms with Gasteiger partial charge in [-0.15, -0.1) is 0 Å². The largest absolute Gasteiger partial charge is 0.508 e. The maximum atomic E-state index is 9.94. The zero-order valence-electron chi connectivity index (χ0n) is 6.27. The molecular formula is C9H8O3. The molecule has 12 heavy (non-hydrogen) atoms. The van der Waals surface area contributed by atoms with E-state index in [0.717, 1.165) is 0 Å². The van der Waals surface area contributed by atoms with E-state index in [1.54, 1.807) is 0 Å². The molecule has 3 heteroatoms. The average Bonchev–Trinajstić information content (AvgIpc) is 1.99. The Balaban J connectivity index is 3.00. The van der Waals surface area contributed by atoms with Crippen molar-refractivity contribution in [2.24, 2.45) is 0 Å². The number of carbonyl (C=O) groups is 1. The molecule has 0 amide bonds. The first kappa shape index (κ1) is 8.33. The Morgan fingerprint density at radius 3 is 2.17 bits per heavy atom. The van der Waals surface area contributed by atoms with Gasteiger partial charge in [0, 0.05) is 6.07 Å². The van der Waals surface area contributed by atoms with E-state index in [4.69, 9.17) is 10.2 Å². The SMILES string of the molecule is O=C/C=C/c1cc(O)cc(O)c1. The molecule has 0 bridgehead atoms. The second kappa shape index (κ2) is 3.57. The maximum Gasteiger partial charge on any atom is 0.142 e. The molecular weight excluding hydrogens is 156 g/mol. The summed E-state index contributed by atoms with van der Waals surface area (Å²) in [5.74, 6) is -0.0545. The highest BCUT2D eigenvalue weighted by Gasteiger charge is 1.94. The third-order valence-corrected chi connectivity index (χ3v) is 1.29. The molecule has 0 fully saturated rings. The van der Waals surface area contributed by atoms with Gasteiger partial charge in [-0.25, -0.2) is 0 Å². The highest BCUT2D eigenvalue weighted by atomic mass is 16.3. The van der Waals surface area contributed by atoms with Crippen LogP contribution in [0.1, 0.15) is 5.56 Å². The molecule has 0 aliphatic carbocycles. The van der Waals surface area contributed by atoms with Crippen molar-refractivity contribution in [3.05, 3.63) is 29.8 Å². The Kier molecular flexibility index (Phi) is 2.48. The van der Waals surface area contributed by atoms with Crippen LogP contribution in [0.4, 0.5) is 0 Å². The van der Waals surface area contributed by atoms with Crippen LogP contribution in [0.2, 0.25) is 0 Å². The monoisotopic (exact) mass is 164 g/mol. The number of rotatable bonds is 2. The van der Waals surface area contributed by atoms with Crippen LogP contribution in [0.5, 0.6) is 11.5 Å². The van der Waals surface area contributed by atoms with Crippen molar-refractivity contribution in [3.63, 3.8) is 0 Å². The number of hydrogen-bond acceptors (Lipinski definition) is 3. The van der Waals surface area contributed by atoms with Gasteiger partial charge in [-0.3, -0.25) is 4.79 Å². The number of phenolic OH excluding ortho intramolecular Hbond substituents is 2. The highest BCUT2D eigenvalue weighted by Crippen LogP contribution is 2.20. The highest BCUT2D eigenvalue weighted by molar-refractivity contribution is 5.74. The minimum atomic E-state index is -0.0273. The van der Waals surface area contributed by atoms with Gasteiger partial charge in [0.2, 0.25) is 0 Å². The number of aldehydes is 1. The predicted octanol–water partition coefficient (Wildman–Crippen LogP) is 1.31. The van der Waals surface area contributed by atoms with Crippen molar-refractivity contribution in [2.75, 3.05) is 0 Å². The third kappa shape index (κ3) is 2.12. The number of hydrogen-bond donors (Lipinski definition) is 2. The Hall–Kier alpha value is -1.77. The van der Waals surface area contributed by atoms with Gasteiger partial charge >= 0.3 is 0 Å². The molecule has 0 spiro atoms. The van der Waals surface area contributed by atoms with E-state index in [9.17, 15) is 4.79 Å². The Labute approximate surface area is 69.6 Å². The molecule has 0 heterocycles. The summed E-state index contributed by atoms with van der Waals surface area (Å²) >= 11 is 0. The average molecular weight is 164 g/mol.